The Morgan fingerprint density at radius 1 is 1.15 bits per heavy atom. The van der Waals surface area contributed by atoms with E-state index in [2.05, 4.69) is 15.9 Å². The van der Waals surface area contributed by atoms with Crippen molar-refractivity contribution in [3.8, 4) is 0 Å². The number of fused-ring (bicyclic) bond motifs is 3. The third-order valence-electron chi connectivity index (χ3n) is 3.81. The van der Waals surface area contributed by atoms with Gasteiger partial charge in [-0.1, -0.05) is 41.6 Å². The average molecular weight is 245 g/mol. The van der Waals surface area contributed by atoms with E-state index in [9.17, 15) is 4.79 Å². The molecular formula is C11H17BrO. The number of rotatable bonds is 1. The smallest absolute Gasteiger partial charge is 0.136 e. The molecular weight excluding hydrogens is 228 g/mol. The van der Waals surface area contributed by atoms with Crippen molar-refractivity contribution in [1.82, 2.24) is 0 Å². The molecule has 74 valence electrons. The van der Waals surface area contributed by atoms with E-state index < -0.39 is 0 Å². The van der Waals surface area contributed by atoms with Gasteiger partial charge in [-0.3, -0.25) is 0 Å². The van der Waals surface area contributed by atoms with Gasteiger partial charge in [0.25, 0.3) is 0 Å². The zero-order valence-corrected chi connectivity index (χ0v) is 9.55. The van der Waals surface area contributed by atoms with Crippen molar-refractivity contribution >= 4 is 22.2 Å². The molecule has 1 atom stereocenters. The molecule has 0 aromatic rings. The number of carbonyl (C=O) groups is 1. The summed E-state index contributed by atoms with van der Waals surface area (Å²) in [7, 11) is 0. The Morgan fingerprint density at radius 3 is 2.31 bits per heavy atom. The lowest BCUT2D eigenvalue weighted by molar-refractivity contribution is -0.111. The second-order valence-electron chi connectivity index (χ2n) is 4.67. The average Bonchev–Trinajstić information content (AvgIpc) is 2.32. The Morgan fingerprint density at radius 2 is 1.77 bits per heavy atom. The Balaban J connectivity index is 2.23. The van der Waals surface area contributed by atoms with E-state index >= 15 is 0 Å². The highest BCUT2D eigenvalue weighted by molar-refractivity contribution is 9.10. The van der Waals surface area contributed by atoms with Crippen LogP contribution in [0.5, 0.6) is 0 Å². The van der Waals surface area contributed by atoms with Crippen LogP contribution in [-0.4, -0.2) is 10.6 Å². The third kappa shape index (κ3) is 1.83. The molecule has 0 spiro atoms. The number of carbonyl (C=O) groups excluding carboxylic acids is 1. The lowest BCUT2D eigenvalue weighted by Crippen LogP contribution is -2.32. The first kappa shape index (κ1) is 9.70. The molecule has 2 heteroatoms. The van der Waals surface area contributed by atoms with Crippen molar-refractivity contribution in [2.75, 3.05) is 0 Å². The molecule has 0 aromatic carbocycles. The minimum atomic E-state index is -0.162. The van der Waals surface area contributed by atoms with Crippen LogP contribution in [0.2, 0.25) is 0 Å². The minimum Gasteiger partial charge on any atom is -0.302 e. The number of halogens is 1. The van der Waals surface area contributed by atoms with Gasteiger partial charge in [0.05, 0.1) is 4.32 Å². The van der Waals surface area contributed by atoms with Crippen molar-refractivity contribution in [1.29, 1.82) is 0 Å². The maximum atomic E-state index is 11.1. The topological polar surface area (TPSA) is 17.1 Å². The van der Waals surface area contributed by atoms with Crippen LogP contribution in [0.25, 0.3) is 0 Å². The van der Waals surface area contributed by atoms with Gasteiger partial charge in [-0.05, 0) is 31.1 Å². The molecule has 0 N–H and O–H groups in total. The quantitative estimate of drug-likeness (QED) is 0.511. The molecule has 1 nitrogen and oxygen atoms in total. The Bertz CT molecular complexity index is 194. The van der Waals surface area contributed by atoms with Gasteiger partial charge >= 0.3 is 0 Å². The predicted molar refractivity (Wildman–Crippen MR) is 57.0 cm³/mol. The summed E-state index contributed by atoms with van der Waals surface area (Å²) < 4.78 is -0.162. The molecule has 0 radical (unpaired) electrons. The van der Waals surface area contributed by atoms with Crippen LogP contribution in [-0.2, 0) is 4.79 Å². The van der Waals surface area contributed by atoms with Gasteiger partial charge in [-0.2, -0.15) is 0 Å². The van der Waals surface area contributed by atoms with E-state index in [4.69, 9.17) is 0 Å². The van der Waals surface area contributed by atoms with Gasteiger partial charge < -0.3 is 4.79 Å². The van der Waals surface area contributed by atoms with Crippen molar-refractivity contribution < 1.29 is 4.79 Å². The highest BCUT2D eigenvalue weighted by atomic mass is 79.9. The largest absolute Gasteiger partial charge is 0.302 e. The number of hydrogen-bond donors (Lipinski definition) is 0. The van der Waals surface area contributed by atoms with Crippen LogP contribution in [0.1, 0.15) is 44.9 Å². The Kier molecular flexibility index (Phi) is 2.77. The summed E-state index contributed by atoms with van der Waals surface area (Å²) in [6.07, 6.45) is 10.1. The van der Waals surface area contributed by atoms with Crippen LogP contribution in [0, 0.1) is 11.8 Å². The van der Waals surface area contributed by atoms with Gasteiger partial charge in [0.2, 0.25) is 0 Å². The van der Waals surface area contributed by atoms with E-state index in [-0.39, 0.29) is 4.32 Å². The monoisotopic (exact) mass is 244 g/mol. The number of aldehydes is 1. The first-order valence-corrected chi connectivity index (χ1v) is 6.19. The van der Waals surface area contributed by atoms with Gasteiger partial charge in [-0.25, -0.2) is 0 Å². The molecule has 0 aromatic heterocycles. The number of hydrogen-bond acceptors (Lipinski definition) is 1. The molecule has 0 saturated heterocycles. The summed E-state index contributed by atoms with van der Waals surface area (Å²) >= 11 is 3.68. The summed E-state index contributed by atoms with van der Waals surface area (Å²) in [6, 6.07) is 0. The van der Waals surface area contributed by atoms with Crippen LogP contribution < -0.4 is 0 Å². The molecule has 0 amide bonds. The maximum absolute atomic E-state index is 11.1. The fraction of sp³-hybridized carbons (Fsp3) is 0.909. The van der Waals surface area contributed by atoms with Crippen LogP contribution >= 0.6 is 15.9 Å². The van der Waals surface area contributed by atoms with Crippen molar-refractivity contribution in [2.24, 2.45) is 11.8 Å². The molecule has 0 heterocycles. The Hall–Kier alpha value is 0.150. The fourth-order valence-corrected chi connectivity index (χ4v) is 3.95. The third-order valence-corrected chi connectivity index (χ3v) is 4.96. The van der Waals surface area contributed by atoms with Gasteiger partial charge in [0, 0.05) is 0 Å². The molecule has 2 rings (SSSR count). The summed E-state index contributed by atoms with van der Waals surface area (Å²) in [5, 5.41) is 0. The standard InChI is InChI=1S/C11H17BrO/c12-11(8-13)7-9-3-1-5-10(11)6-2-4-9/h8-10H,1-7H2. The highest BCUT2D eigenvalue weighted by Crippen LogP contribution is 2.46. The second-order valence-corrected chi connectivity index (χ2v) is 6.15. The first-order valence-electron chi connectivity index (χ1n) is 5.40. The van der Waals surface area contributed by atoms with Crippen molar-refractivity contribution in [2.45, 2.75) is 49.3 Å². The Labute approximate surface area is 88.4 Å². The highest BCUT2D eigenvalue weighted by Gasteiger charge is 2.41. The molecule has 0 aliphatic heterocycles. The SMILES string of the molecule is O=CC1(Br)CC2CCCC1CCC2. The van der Waals surface area contributed by atoms with Crippen LogP contribution in [0.3, 0.4) is 0 Å². The first-order chi connectivity index (χ1) is 6.24. The molecule has 2 aliphatic carbocycles. The van der Waals surface area contributed by atoms with E-state index in [0.717, 1.165) is 12.3 Å². The summed E-state index contributed by atoms with van der Waals surface area (Å²) in [6.45, 7) is 0. The lowest BCUT2D eigenvalue weighted by Gasteiger charge is -2.27. The van der Waals surface area contributed by atoms with E-state index in [1.807, 2.05) is 0 Å². The summed E-state index contributed by atoms with van der Waals surface area (Å²) in [4.78, 5) is 11.1. The van der Waals surface area contributed by atoms with Gasteiger partial charge in [0.15, 0.2) is 0 Å². The maximum Gasteiger partial charge on any atom is 0.136 e. The number of alkyl halides is 1. The second kappa shape index (κ2) is 3.72. The molecule has 13 heavy (non-hydrogen) atoms. The zero-order chi connectivity index (χ0) is 9.31. The molecule has 2 fully saturated rings. The predicted octanol–water partition coefficient (Wildman–Crippen LogP) is 3.31. The van der Waals surface area contributed by atoms with Crippen LogP contribution in [0.15, 0.2) is 0 Å². The molecule has 2 bridgehead atoms. The summed E-state index contributed by atoms with van der Waals surface area (Å²) in [5.74, 6) is 1.41. The lowest BCUT2D eigenvalue weighted by atomic mass is 9.87. The van der Waals surface area contributed by atoms with Crippen LogP contribution in [0.4, 0.5) is 0 Å². The van der Waals surface area contributed by atoms with E-state index in [0.29, 0.717) is 5.92 Å². The normalized spacial score (nSPS) is 45.3. The van der Waals surface area contributed by atoms with Crippen molar-refractivity contribution in [3.05, 3.63) is 0 Å². The van der Waals surface area contributed by atoms with E-state index in [1.54, 1.807) is 0 Å². The van der Waals surface area contributed by atoms with Gasteiger partial charge in [-0.15, -0.1) is 0 Å². The van der Waals surface area contributed by atoms with E-state index in [1.165, 1.54) is 44.8 Å². The minimum absolute atomic E-state index is 0.162. The van der Waals surface area contributed by atoms with Crippen molar-refractivity contribution in [3.63, 3.8) is 0 Å². The fourth-order valence-electron chi connectivity index (χ4n) is 3.03. The zero-order valence-electron chi connectivity index (χ0n) is 7.97. The summed E-state index contributed by atoms with van der Waals surface area (Å²) in [5.41, 5.74) is 0. The van der Waals surface area contributed by atoms with Gasteiger partial charge in [0.1, 0.15) is 6.29 Å². The molecule has 2 saturated carbocycles. The molecule has 2 aliphatic rings. The molecule has 1 unspecified atom stereocenters.